The van der Waals surface area contributed by atoms with Crippen molar-refractivity contribution in [2.24, 2.45) is 5.92 Å². The summed E-state index contributed by atoms with van der Waals surface area (Å²) in [5, 5.41) is 0. The number of halogens is 1. The molecule has 0 bridgehead atoms. The van der Waals surface area contributed by atoms with Crippen LogP contribution in [0, 0.1) is 11.7 Å². The molecule has 0 saturated heterocycles. The first-order chi connectivity index (χ1) is 16.1. The molecular weight excluding hydrogens is 403 g/mol. The Morgan fingerprint density at radius 3 is 2.18 bits per heavy atom. The number of hydrogen-bond acceptors (Lipinski definition) is 0. The molecule has 1 fully saturated rings. The molecule has 4 rings (SSSR count). The van der Waals surface area contributed by atoms with E-state index in [-0.39, 0.29) is 5.82 Å². The Hall–Kier alpha value is -2.41. The van der Waals surface area contributed by atoms with Crippen LogP contribution in [0.15, 0.2) is 72.8 Å². The highest BCUT2D eigenvalue weighted by atomic mass is 19.1. The largest absolute Gasteiger partial charge is 0.207 e. The van der Waals surface area contributed by atoms with Gasteiger partial charge in [0.25, 0.3) is 0 Å². The average Bonchev–Trinajstić information content (AvgIpc) is 2.86. The van der Waals surface area contributed by atoms with Gasteiger partial charge in [0.15, 0.2) is 0 Å². The van der Waals surface area contributed by atoms with Crippen LogP contribution in [-0.4, -0.2) is 0 Å². The van der Waals surface area contributed by atoms with E-state index in [4.69, 9.17) is 0 Å². The quantitative estimate of drug-likeness (QED) is 0.310. The number of aryl methyl sites for hydroxylation is 2. The predicted octanol–water partition coefficient (Wildman–Crippen LogP) is 9.03. The van der Waals surface area contributed by atoms with Crippen molar-refractivity contribution in [3.05, 3.63) is 106 Å². The van der Waals surface area contributed by atoms with E-state index in [2.05, 4.69) is 74.5 Å². The average molecular weight is 443 g/mol. The highest BCUT2D eigenvalue weighted by Crippen LogP contribution is 2.38. The maximum absolute atomic E-state index is 14.4. The predicted molar refractivity (Wildman–Crippen MR) is 138 cm³/mol. The van der Waals surface area contributed by atoms with Gasteiger partial charge in [0.2, 0.25) is 0 Å². The van der Waals surface area contributed by atoms with Crippen LogP contribution in [-0.2, 0) is 19.3 Å². The van der Waals surface area contributed by atoms with Crippen molar-refractivity contribution in [2.75, 3.05) is 0 Å². The zero-order chi connectivity index (χ0) is 23.0. The normalized spacial score (nSPS) is 19.4. The molecule has 0 unspecified atom stereocenters. The summed E-state index contributed by atoms with van der Waals surface area (Å²) in [5.74, 6) is 1.89. The molecule has 0 heterocycles. The molecule has 0 aromatic heterocycles. The fourth-order valence-corrected chi connectivity index (χ4v) is 5.54. The van der Waals surface area contributed by atoms with E-state index in [0.29, 0.717) is 11.8 Å². The molecule has 0 aliphatic heterocycles. The highest BCUT2D eigenvalue weighted by Gasteiger charge is 2.23. The lowest BCUT2D eigenvalue weighted by atomic mass is 9.76. The van der Waals surface area contributed by atoms with Gasteiger partial charge in [-0.15, -0.1) is 0 Å². The Labute approximate surface area is 200 Å². The molecule has 1 heteroatoms. The summed E-state index contributed by atoms with van der Waals surface area (Å²) in [6.45, 7) is 4.42. The van der Waals surface area contributed by atoms with Gasteiger partial charge in [-0.25, -0.2) is 4.39 Å². The maximum Gasteiger partial charge on any atom is 0.126 e. The van der Waals surface area contributed by atoms with Crippen LogP contribution in [0.2, 0.25) is 0 Å². The van der Waals surface area contributed by atoms with Gasteiger partial charge in [-0.1, -0.05) is 87.0 Å². The van der Waals surface area contributed by atoms with Gasteiger partial charge >= 0.3 is 0 Å². The summed E-state index contributed by atoms with van der Waals surface area (Å²) in [6, 6.07) is 26.1. The van der Waals surface area contributed by atoms with Crippen molar-refractivity contribution < 1.29 is 4.39 Å². The molecule has 3 aromatic rings. The molecule has 1 aliphatic rings. The third-order valence-electron chi connectivity index (χ3n) is 7.69. The van der Waals surface area contributed by atoms with Crippen LogP contribution in [0.5, 0.6) is 0 Å². The van der Waals surface area contributed by atoms with E-state index >= 15 is 0 Å². The van der Waals surface area contributed by atoms with E-state index in [9.17, 15) is 4.39 Å². The van der Waals surface area contributed by atoms with Crippen LogP contribution < -0.4 is 0 Å². The van der Waals surface area contributed by atoms with E-state index in [0.717, 1.165) is 30.7 Å². The van der Waals surface area contributed by atoms with E-state index < -0.39 is 0 Å². The first-order valence-electron chi connectivity index (χ1n) is 13.0. The Morgan fingerprint density at radius 1 is 0.818 bits per heavy atom. The molecule has 0 nitrogen and oxygen atoms in total. The fraction of sp³-hybridized carbons (Fsp3) is 0.438. The third-order valence-corrected chi connectivity index (χ3v) is 7.69. The van der Waals surface area contributed by atoms with Crippen molar-refractivity contribution in [1.82, 2.24) is 0 Å². The van der Waals surface area contributed by atoms with Gasteiger partial charge in [0, 0.05) is 0 Å². The van der Waals surface area contributed by atoms with Crippen LogP contribution in [0.1, 0.15) is 92.0 Å². The Balaban J connectivity index is 1.22. The molecule has 0 spiro atoms. The van der Waals surface area contributed by atoms with Gasteiger partial charge in [0.05, 0.1) is 0 Å². The zero-order valence-corrected chi connectivity index (χ0v) is 20.4. The molecule has 0 radical (unpaired) electrons. The first-order valence-corrected chi connectivity index (χ1v) is 13.0. The van der Waals surface area contributed by atoms with Crippen LogP contribution >= 0.6 is 0 Å². The molecule has 3 aromatic carbocycles. The first kappa shape index (κ1) is 23.7. The van der Waals surface area contributed by atoms with Crippen LogP contribution in [0.3, 0.4) is 0 Å². The van der Waals surface area contributed by atoms with Crippen LogP contribution in [0.4, 0.5) is 4.39 Å². The Bertz CT molecular complexity index is 981. The zero-order valence-electron chi connectivity index (χ0n) is 20.4. The monoisotopic (exact) mass is 442 g/mol. The number of rotatable bonds is 9. The van der Waals surface area contributed by atoms with Crippen molar-refractivity contribution in [3.8, 4) is 0 Å². The Kier molecular flexibility index (Phi) is 8.37. The lowest BCUT2D eigenvalue weighted by Crippen LogP contribution is -2.14. The summed E-state index contributed by atoms with van der Waals surface area (Å²) < 4.78 is 14.4. The number of benzene rings is 3. The van der Waals surface area contributed by atoms with E-state index in [1.54, 1.807) is 0 Å². The van der Waals surface area contributed by atoms with Crippen molar-refractivity contribution in [2.45, 2.75) is 83.5 Å². The SMILES string of the molecule is CCCc1ccc(C2CCC(CCc3ccc(C[C@@H](C)c4ccccc4)cc3)CC2)cc1F. The summed E-state index contributed by atoms with van der Waals surface area (Å²) in [4.78, 5) is 0. The molecule has 1 atom stereocenters. The molecule has 1 aliphatic carbocycles. The minimum Gasteiger partial charge on any atom is -0.207 e. The minimum atomic E-state index is -0.00178. The summed E-state index contributed by atoms with van der Waals surface area (Å²) in [7, 11) is 0. The summed E-state index contributed by atoms with van der Waals surface area (Å²) in [6.07, 6.45) is 10.3. The standard InChI is InChI=1S/C32H39F/c1-3-7-30-20-21-31(23-32(30)33)29-18-16-26(17-19-29)11-10-25-12-14-27(15-13-25)22-24(2)28-8-5-4-6-9-28/h4-6,8-9,12-15,20-21,23-24,26,29H,3,7,10-11,16-19,22H2,1-2H3/t24-,26?,29?/m1/s1. The number of hydrogen-bond donors (Lipinski definition) is 0. The van der Waals surface area contributed by atoms with E-state index in [1.807, 2.05) is 12.1 Å². The van der Waals surface area contributed by atoms with Crippen molar-refractivity contribution in [1.29, 1.82) is 0 Å². The Morgan fingerprint density at radius 2 is 1.52 bits per heavy atom. The van der Waals surface area contributed by atoms with Gasteiger partial charge < -0.3 is 0 Å². The molecule has 1 saturated carbocycles. The van der Waals surface area contributed by atoms with Gasteiger partial charge in [0.1, 0.15) is 5.82 Å². The third kappa shape index (κ3) is 6.56. The molecular formula is C32H39F. The topological polar surface area (TPSA) is 0 Å². The van der Waals surface area contributed by atoms with Crippen LogP contribution in [0.25, 0.3) is 0 Å². The minimum absolute atomic E-state index is 0.00178. The second-order valence-corrected chi connectivity index (χ2v) is 10.2. The lowest BCUT2D eigenvalue weighted by Gasteiger charge is -2.29. The van der Waals surface area contributed by atoms with E-state index in [1.165, 1.54) is 60.8 Å². The second kappa shape index (κ2) is 11.6. The smallest absolute Gasteiger partial charge is 0.126 e. The highest BCUT2D eigenvalue weighted by molar-refractivity contribution is 5.28. The maximum atomic E-state index is 14.4. The fourth-order valence-electron chi connectivity index (χ4n) is 5.54. The molecule has 33 heavy (non-hydrogen) atoms. The van der Waals surface area contributed by atoms with Crippen molar-refractivity contribution >= 4 is 0 Å². The van der Waals surface area contributed by atoms with Crippen molar-refractivity contribution in [3.63, 3.8) is 0 Å². The van der Waals surface area contributed by atoms with Gasteiger partial charge in [-0.05, 0) is 103 Å². The summed E-state index contributed by atoms with van der Waals surface area (Å²) in [5.41, 5.74) is 6.38. The molecule has 0 amide bonds. The van der Waals surface area contributed by atoms with Gasteiger partial charge in [-0.3, -0.25) is 0 Å². The summed E-state index contributed by atoms with van der Waals surface area (Å²) >= 11 is 0. The molecule has 0 N–H and O–H groups in total. The lowest BCUT2D eigenvalue weighted by molar-refractivity contribution is 0.310. The molecule has 174 valence electrons. The van der Waals surface area contributed by atoms with Gasteiger partial charge in [-0.2, -0.15) is 0 Å². The second-order valence-electron chi connectivity index (χ2n) is 10.2.